The van der Waals surface area contributed by atoms with Gasteiger partial charge in [0.05, 0.1) is 19.3 Å². The van der Waals surface area contributed by atoms with E-state index in [0.717, 1.165) is 43.6 Å². The van der Waals surface area contributed by atoms with Crippen molar-refractivity contribution in [3.8, 4) is 0 Å². The largest absolute Gasteiger partial charge is 0.383 e. The highest BCUT2D eigenvalue weighted by Gasteiger charge is 2.25. The molecular formula is C25H40N6O. The Morgan fingerprint density at radius 1 is 1.19 bits per heavy atom. The van der Waals surface area contributed by atoms with Crippen LogP contribution in [0.2, 0.25) is 0 Å². The molecule has 176 valence electrons. The summed E-state index contributed by atoms with van der Waals surface area (Å²) in [6, 6.07) is 8.60. The summed E-state index contributed by atoms with van der Waals surface area (Å²) >= 11 is 0. The van der Waals surface area contributed by atoms with Crippen molar-refractivity contribution in [1.29, 1.82) is 0 Å². The summed E-state index contributed by atoms with van der Waals surface area (Å²) in [7, 11) is 1.85. The van der Waals surface area contributed by atoms with Crippen LogP contribution in [-0.4, -0.2) is 51.9 Å². The predicted molar refractivity (Wildman–Crippen MR) is 130 cm³/mol. The van der Waals surface area contributed by atoms with Crippen molar-refractivity contribution in [2.75, 3.05) is 26.2 Å². The zero-order chi connectivity index (χ0) is 23.1. The van der Waals surface area contributed by atoms with Crippen molar-refractivity contribution in [1.82, 2.24) is 25.3 Å². The number of nitrogens with zero attached hydrogens (tertiary/aromatic N) is 4. The lowest BCUT2D eigenvalue weighted by Gasteiger charge is -2.35. The summed E-state index contributed by atoms with van der Waals surface area (Å²) in [5, 5.41) is 21.6. The summed E-state index contributed by atoms with van der Waals surface area (Å²) in [4.78, 5) is 7.39. The smallest absolute Gasteiger partial charge is 0.191 e. The van der Waals surface area contributed by atoms with Gasteiger partial charge in [0.1, 0.15) is 5.60 Å². The van der Waals surface area contributed by atoms with Crippen molar-refractivity contribution in [3.63, 3.8) is 0 Å². The fraction of sp³-hybridized carbons (Fsp3) is 0.600. The van der Waals surface area contributed by atoms with Crippen LogP contribution in [-0.2, 0) is 25.7 Å². The molecule has 1 aliphatic rings. The maximum absolute atomic E-state index is 10.9. The van der Waals surface area contributed by atoms with E-state index in [0.29, 0.717) is 19.0 Å². The molecule has 3 atom stereocenters. The van der Waals surface area contributed by atoms with Crippen molar-refractivity contribution in [2.45, 2.75) is 52.8 Å². The number of guanidine groups is 1. The maximum Gasteiger partial charge on any atom is 0.191 e. The zero-order valence-corrected chi connectivity index (χ0v) is 20.3. The van der Waals surface area contributed by atoms with Crippen LogP contribution in [0.3, 0.4) is 0 Å². The van der Waals surface area contributed by atoms with Gasteiger partial charge < -0.3 is 15.7 Å². The van der Waals surface area contributed by atoms with E-state index >= 15 is 0 Å². The number of aromatic nitrogens is 2. The Balaban J connectivity index is 1.66. The van der Waals surface area contributed by atoms with Gasteiger partial charge in [-0.15, -0.1) is 0 Å². The quantitative estimate of drug-likeness (QED) is 0.435. The van der Waals surface area contributed by atoms with Gasteiger partial charge in [0, 0.05) is 45.0 Å². The van der Waals surface area contributed by atoms with Crippen LogP contribution >= 0.6 is 0 Å². The Hall–Kier alpha value is -2.38. The van der Waals surface area contributed by atoms with E-state index in [1.54, 1.807) is 17.8 Å². The average Bonchev–Trinajstić information content (AvgIpc) is 3.18. The molecule has 1 saturated heterocycles. The van der Waals surface area contributed by atoms with Gasteiger partial charge in [-0.05, 0) is 43.2 Å². The topological polar surface area (TPSA) is 77.7 Å². The van der Waals surface area contributed by atoms with Gasteiger partial charge in [0.2, 0.25) is 0 Å². The van der Waals surface area contributed by atoms with Gasteiger partial charge in [-0.2, -0.15) is 5.10 Å². The molecule has 0 spiro atoms. The number of piperidine rings is 1. The number of nitrogens with one attached hydrogen (secondary N) is 2. The first kappa shape index (κ1) is 24.3. The Kier molecular flexibility index (Phi) is 8.32. The number of rotatable bonds is 8. The standard InChI is InChI=1S/C25H40N6O/c1-6-26-24(28-18-25(4,32)23-13-29-30(5)17-23)27-12-21-9-7-8-10-22(21)16-31-14-19(2)11-20(3)15-31/h7-10,13,17,19-20,32H,6,11-12,14-16,18H2,1-5H3,(H2,26,27,28). The van der Waals surface area contributed by atoms with Crippen molar-refractivity contribution in [3.05, 3.63) is 53.3 Å². The first-order chi connectivity index (χ1) is 15.3. The third kappa shape index (κ3) is 6.81. The molecular weight excluding hydrogens is 400 g/mol. The van der Waals surface area contributed by atoms with Crippen LogP contribution in [0.4, 0.5) is 0 Å². The van der Waals surface area contributed by atoms with Crippen LogP contribution in [0.15, 0.2) is 41.7 Å². The molecule has 0 radical (unpaired) electrons. The lowest BCUT2D eigenvalue weighted by Crippen LogP contribution is -2.44. The summed E-state index contributed by atoms with van der Waals surface area (Å²) in [6.45, 7) is 13.5. The van der Waals surface area contributed by atoms with Gasteiger partial charge in [-0.1, -0.05) is 38.1 Å². The van der Waals surface area contributed by atoms with Crippen molar-refractivity contribution in [2.24, 2.45) is 23.9 Å². The molecule has 3 unspecified atom stereocenters. The van der Waals surface area contributed by atoms with Crippen LogP contribution in [0, 0.1) is 11.8 Å². The number of hydrogen-bond acceptors (Lipinski definition) is 4. The highest BCUT2D eigenvalue weighted by molar-refractivity contribution is 5.79. The lowest BCUT2D eigenvalue weighted by molar-refractivity contribution is 0.0616. The minimum atomic E-state index is -1.04. The second-order valence-corrected chi connectivity index (χ2v) is 9.63. The molecule has 0 aliphatic carbocycles. The first-order valence-electron chi connectivity index (χ1n) is 11.8. The van der Waals surface area contributed by atoms with E-state index in [9.17, 15) is 5.11 Å². The van der Waals surface area contributed by atoms with Crippen LogP contribution < -0.4 is 10.6 Å². The first-order valence-corrected chi connectivity index (χ1v) is 11.8. The minimum absolute atomic E-state index is 0.343. The molecule has 1 aromatic carbocycles. The second kappa shape index (κ2) is 11.0. The third-order valence-electron chi connectivity index (χ3n) is 6.14. The number of aliphatic hydroxyl groups is 1. The number of benzene rings is 1. The Morgan fingerprint density at radius 2 is 1.88 bits per heavy atom. The highest BCUT2D eigenvalue weighted by atomic mass is 16.3. The zero-order valence-electron chi connectivity index (χ0n) is 20.3. The molecule has 1 fully saturated rings. The van der Waals surface area contributed by atoms with Gasteiger partial charge >= 0.3 is 0 Å². The normalized spacial score (nSPS) is 21.9. The SMILES string of the molecule is CCNC(=NCc1ccccc1CN1CC(C)CC(C)C1)NCC(C)(O)c1cnn(C)c1. The lowest BCUT2D eigenvalue weighted by atomic mass is 9.91. The summed E-state index contributed by atoms with van der Waals surface area (Å²) in [5.41, 5.74) is 2.33. The fourth-order valence-corrected chi connectivity index (χ4v) is 4.59. The molecule has 0 bridgehead atoms. The van der Waals surface area contributed by atoms with E-state index in [1.165, 1.54) is 17.5 Å². The van der Waals surface area contributed by atoms with Gasteiger partial charge in [-0.25, -0.2) is 4.99 Å². The minimum Gasteiger partial charge on any atom is -0.383 e. The third-order valence-corrected chi connectivity index (χ3v) is 6.14. The van der Waals surface area contributed by atoms with Crippen LogP contribution in [0.25, 0.3) is 0 Å². The van der Waals surface area contributed by atoms with Crippen LogP contribution in [0.5, 0.6) is 0 Å². The highest BCUT2D eigenvalue weighted by Crippen LogP contribution is 2.23. The summed E-state index contributed by atoms with van der Waals surface area (Å²) < 4.78 is 1.70. The van der Waals surface area contributed by atoms with Crippen LogP contribution in [0.1, 0.15) is 50.8 Å². The number of aliphatic imine (C=N–C) groups is 1. The molecule has 1 aromatic heterocycles. The predicted octanol–water partition coefficient (Wildman–Crippen LogP) is 2.86. The molecule has 2 heterocycles. The van der Waals surface area contributed by atoms with Crippen molar-refractivity contribution < 1.29 is 5.11 Å². The molecule has 32 heavy (non-hydrogen) atoms. The van der Waals surface area contributed by atoms with E-state index < -0.39 is 5.60 Å². The molecule has 3 N–H and O–H groups in total. The van der Waals surface area contributed by atoms with E-state index in [4.69, 9.17) is 4.99 Å². The monoisotopic (exact) mass is 440 g/mol. The van der Waals surface area contributed by atoms with Crippen molar-refractivity contribution >= 4 is 5.96 Å². The van der Waals surface area contributed by atoms with Gasteiger partial charge in [0.25, 0.3) is 0 Å². The van der Waals surface area contributed by atoms with E-state index in [1.807, 2.05) is 20.2 Å². The van der Waals surface area contributed by atoms with E-state index in [2.05, 4.69) is 58.7 Å². The summed E-state index contributed by atoms with van der Waals surface area (Å²) in [5.74, 6) is 2.20. The number of likely N-dealkylation sites (tertiary alicyclic amines) is 1. The number of hydrogen-bond donors (Lipinski definition) is 3. The molecule has 3 rings (SSSR count). The fourth-order valence-electron chi connectivity index (χ4n) is 4.59. The summed E-state index contributed by atoms with van der Waals surface area (Å²) in [6.07, 6.45) is 4.86. The Bertz CT molecular complexity index is 880. The van der Waals surface area contributed by atoms with Gasteiger partial charge in [0.15, 0.2) is 5.96 Å². The molecule has 7 nitrogen and oxygen atoms in total. The van der Waals surface area contributed by atoms with E-state index in [-0.39, 0.29) is 0 Å². The number of aryl methyl sites for hydroxylation is 1. The maximum atomic E-state index is 10.9. The second-order valence-electron chi connectivity index (χ2n) is 9.63. The Labute approximate surface area is 192 Å². The molecule has 1 aliphatic heterocycles. The average molecular weight is 441 g/mol. The molecule has 0 amide bonds. The molecule has 7 heteroatoms. The molecule has 0 saturated carbocycles. The molecule has 2 aromatic rings. The van der Waals surface area contributed by atoms with Gasteiger partial charge in [-0.3, -0.25) is 9.58 Å². The Morgan fingerprint density at radius 3 is 2.50 bits per heavy atom.